The molecule has 1 unspecified atom stereocenters. The molecule has 0 fully saturated rings. The van der Waals surface area contributed by atoms with E-state index in [9.17, 15) is 0 Å². The van der Waals surface area contributed by atoms with Crippen LogP contribution in [0, 0.1) is 13.8 Å². The molecule has 2 rings (SSSR count). The van der Waals surface area contributed by atoms with Gasteiger partial charge in [-0.05, 0) is 54.0 Å². The van der Waals surface area contributed by atoms with Crippen LogP contribution in [0.5, 0.6) is 0 Å². The largest absolute Gasteiger partial charge is 0.0952 e. The first-order valence-corrected chi connectivity index (χ1v) is 6.89. The van der Waals surface area contributed by atoms with Crippen molar-refractivity contribution in [2.24, 2.45) is 0 Å². The summed E-state index contributed by atoms with van der Waals surface area (Å²) in [5.41, 5.74) is 6.63. The molecule has 0 heteroatoms. The van der Waals surface area contributed by atoms with Crippen molar-refractivity contribution in [3.8, 4) is 0 Å². The summed E-state index contributed by atoms with van der Waals surface area (Å²) in [7, 11) is 0. The van der Waals surface area contributed by atoms with Crippen LogP contribution in [0.4, 0.5) is 0 Å². The Morgan fingerprint density at radius 2 is 1.53 bits per heavy atom. The van der Waals surface area contributed by atoms with E-state index in [4.69, 9.17) is 0 Å². The number of hydrogen-bond acceptors (Lipinski definition) is 0. The lowest BCUT2D eigenvalue weighted by molar-refractivity contribution is 0.785. The highest BCUT2D eigenvalue weighted by atomic mass is 14.2. The Hall–Kier alpha value is -1.82. The summed E-state index contributed by atoms with van der Waals surface area (Å²) in [6.07, 6.45) is 1.01. The molecule has 0 bridgehead atoms. The fraction of sp³-hybridized carbons (Fsp3) is 0.263. The van der Waals surface area contributed by atoms with Crippen molar-refractivity contribution < 1.29 is 0 Å². The molecule has 0 amide bonds. The Morgan fingerprint density at radius 3 is 2.16 bits per heavy atom. The average Bonchev–Trinajstić information content (AvgIpc) is 2.39. The van der Waals surface area contributed by atoms with Gasteiger partial charge < -0.3 is 0 Å². The molecule has 0 nitrogen and oxygen atoms in total. The Bertz CT molecular complexity index is 578. The molecule has 0 saturated carbocycles. The fourth-order valence-electron chi connectivity index (χ4n) is 2.70. The van der Waals surface area contributed by atoms with Gasteiger partial charge in [0.05, 0.1) is 0 Å². The van der Waals surface area contributed by atoms with E-state index in [0.717, 1.165) is 6.42 Å². The Morgan fingerprint density at radius 1 is 0.947 bits per heavy atom. The van der Waals surface area contributed by atoms with Crippen LogP contribution in [0.15, 0.2) is 55.1 Å². The standard InChI is InChI=1S/C19H22/c1-14-9-5-7-11-18(14)16(3)13-17(4)19-12-8-6-10-15(19)2/h5-12,17H,3,13H2,1-2,4H3. The smallest absolute Gasteiger partial charge is 0.0147 e. The predicted molar refractivity (Wildman–Crippen MR) is 84.4 cm³/mol. The van der Waals surface area contributed by atoms with E-state index in [0.29, 0.717) is 5.92 Å². The maximum absolute atomic E-state index is 4.28. The van der Waals surface area contributed by atoms with Crippen molar-refractivity contribution in [1.29, 1.82) is 0 Å². The first-order chi connectivity index (χ1) is 9.09. The third-order valence-electron chi connectivity index (χ3n) is 3.80. The first-order valence-electron chi connectivity index (χ1n) is 6.89. The Labute approximate surface area is 116 Å². The monoisotopic (exact) mass is 250 g/mol. The van der Waals surface area contributed by atoms with E-state index in [1.807, 2.05) is 0 Å². The molecule has 0 aliphatic heterocycles. The molecule has 1 atom stereocenters. The fourth-order valence-corrected chi connectivity index (χ4v) is 2.70. The van der Waals surface area contributed by atoms with Gasteiger partial charge in [0.1, 0.15) is 0 Å². The highest BCUT2D eigenvalue weighted by Crippen LogP contribution is 2.30. The van der Waals surface area contributed by atoms with Crippen molar-refractivity contribution in [2.75, 3.05) is 0 Å². The third kappa shape index (κ3) is 3.14. The van der Waals surface area contributed by atoms with Crippen molar-refractivity contribution in [1.82, 2.24) is 0 Å². The van der Waals surface area contributed by atoms with Gasteiger partial charge >= 0.3 is 0 Å². The molecule has 0 heterocycles. The first kappa shape index (κ1) is 13.6. The number of benzene rings is 2. The predicted octanol–water partition coefficient (Wildman–Crippen LogP) is 5.51. The Balaban J connectivity index is 2.16. The number of allylic oxidation sites excluding steroid dienone is 1. The van der Waals surface area contributed by atoms with Crippen molar-refractivity contribution in [3.63, 3.8) is 0 Å². The van der Waals surface area contributed by atoms with Gasteiger partial charge in [0.25, 0.3) is 0 Å². The van der Waals surface area contributed by atoms with Crippen LogP contribution < -0.4 is 0 Å². The molecule has 0 aromatic heterocycles. The summed E-state index contributed by atoms with van der Waals surface area (Å²) < 4.78 is 0. The van der Waals surface area contributed by atoms with Crippen molar-refractivity contribution in [2.45, 2.75) is 33.1 Å². The molecule has 0 saturated heterocycles. The average molecular weight is 250 g/mol. The topological polar surface area (TPSA) is 0 Å². The normalized spacial score (nSPS) is 12.2. The zero-order valence-corrected chi connectivity index (χ0v) is 12.1. The van der Waals surface area contributed by atoms with Gasteiger partial charge in [-0.2, -0.15) is 0 Å². The summed E-state index contributed by atoms with van der Waals surface area (Å²) in [4.78, 5) is 0. The highest BCUT2D eigenvalue weighted by molar-refractivity contribution is 5.66. The number of aryl methyl sites for hydroxylation is 2. The summed E-state index contributed by atoms with van der Waals surface area (Å²) in [5, 5.41) is 0. The minimum Gasteiger partial charge on any atom is -0.0952 e. The maximum atomic E-state index is 4.28. The van der Waals surface area contributed by atoms with Crippen LogP contribution in [0.25, 0.3) is 5.57 Å². The van der Waals surface area contributed by atoms with Crippen LogP contribution in [-0.2, 0) is 0 Å². The molecule has 0 aliphatic carbocycles. The van der Waals surface area contributed by atoms with Gasteiger partial charge in [-0.1, -0.05) is 62.0 Å². The van der Waals surface area contributed by atoms with Gasteiger partial charge in [0.15, 0.2) is 0 Å². The van der Waals surface area contributed by atoms with E-state index < -0.39 is 0 Å². The van der Waals surface area contributed by atoms with Crippen LogP contribution >= 0.6 is 0 Å². The number of rotatable bonds is 4. The quantitative estimate of drug-likeness (QED) is 0.671. The van der Waals surface area contributed by atoms with Crippen molar-refractivity contribution >= 4 is 5.57 Å². The Kier molecular flexibility index (Phi) is 4.21. The second-order valence-corrected chi connectivity index (χ2v) is 5.38. The molecule has 98 valence electrons. The molecular formula is C19H22. The van der Waals surface area contributed by atoms with E-state index in [1.54, 1.807) is 0 Å². The maximum Gasteiger partial charge on any atom is -0.0147 e. The van der Waals surface area contributed by atoms with Gasteiger partial charge in [0, 0.05) is 0 Å². The molecule has 19 heavy (non-hydrogen) atoms. The molecule has 2 aromatic rings. The van der Waals surface area contributed by atoms with Crippen LogP contribution in [-0.4, -0.2) is 0 Å². The summed E-state index contributed by atoms with van der Waals surface area (Å²) in [6.45, 7) is 10.9. The second kappa shape index (κ2) is 5.88. The molecule has 0 spiro atoms. The lowest BCUT2D eigenvalue weighted by Gasteiger charge is -2.17. The SMILES string of the molecule is C=C(CC(C)c1ccccc1C)c1ccccc1C. The molecule has 0 N–H and O–H groups in total. The number of hydrogen-bond donors (Lipinski definition) is 0. The zero-order chi connectivity index (χ0) is 13.8. The molecule has 0 radical (unpaired) electrons. The lowest BCUT2D eigenvalue weighted by atomic mass is 9.88. The molecule has 2 aromatic carbocycles. The minimum atomic E-state index is 0.508. The third-order valence-corrected chi connectivity index (χ3v) is 3.80. The molecular weight excluding hydrogens is 228 g/mol. The summed E-state index contributed by atoms with van der Waals surface area (Å²) >= 11 is 0. The summed E-state index contributed by atoms with van der Waals surface area (Å²) in [6, 6.07) is 17.1. The molecule has 0 aliphatic rings. The van der Waals surface area contributed by atoms with E-state index >= 15 is 0 Å². The van der Waals surface area contributed by atoms with Crippen LogP contribution in [0.3, 0.4) is 0 Å². The van der Waals surface area contributed by atoms with Crippen molar-refractivity contribution in [3.05, 3.63) is 77.4 Å². The van der Waals surface area contributed by atoms with E-state index in [-0.39, 0.29) is 0 Å². The van der Waals surface area contributed by atoms with Gasteiger partial charge in [-0.15, -0.1) is 0 Å². The zero-order valence-electron chi connectivity index (χ0n) is 12.1. The highest BCUT2D eigenvalue weighted by Gasteiger charge is 2.11. The van der Waals surface area contributed by atoms with E-state index in [2.05, 4.69) is 75.9 Å². The van der Waals surface area contributed by atoms with Gasteiger partial charge in [-0.3, -0.25) is 0 Å². The van der Waals surface area contributed by atoms with E-state index in [1.165, 1.54) is 27.8 Å². The lowest BCUT2D eigenvalue weighted by Crippen LogP contribution is -1.98. The minimum absolute atomic E-state index is 0.508. The van der Waals surface area contributed by atoms with Crippen LogP contribution in [0.1, 0.15) is 41.5 Å². The van der Waals surface area contributed by atoms with Gasteiger partial charge in [0.2, 0.25) is 0 Å². The van der Waals surface area contributed by atoms with Gasteiger partial charge in [-0.25, -0.2) is 0 Å². The van der Waals surface area contributed by atoms with Crippen LogP contribution in [0.2, 0.25) is 0 Å². The summed E-state index contributed by atoms with van der Waals surface area (Å²) in [5.74, 6) is 0.508. The second-order valence-electron chi connectivity index (χ2n) is 5.38.